The van der Waals surface area contributed by atoms with E-state index in [2.05, 4.69) is 11.9 Å². The van der Waals surface area contributed by atoms with E-state index in [1.807, 2.05) is 29.6 Å². The predicted molar refractivity (Wildman–Crippen MR) is 107 cm³/mol. The Labute approximate surface area is 168 Å². The molecule has 2 heterocycles. The monoisotopic (exact) mass is 398 g/mol. The molecule has 0 atom stereocenters. The van der Waals surface area contributed by atoms with Crippen molar-refractivity contribution in [1.82, 2.24) is 9.88 Å². The van der Waals surface area contributed by atoms with Gasteiger partial charge in [0.1, 0.15) is 12.3 Å². The van der Waals surface area contributed by atoms with Gasteiger partial charge in [-0.25, -0.2) is 4.98 Å². The highest BCUT2D eigenvalue weighted by Gasteiger charge is 2.28. The molecule has 0 spiro atoms. The molecular formula is C20H22N4O3S. The van der Waals surface area contributed by atoms with Crippen LogP contribution in [0, 0.1) is 11.3 Å². The van der Waals surface area contributed by atoms with E-state index in [-0.39, 0.29) is 31.4 Å². The van der Waals surface area contributed by atoms with E-state index < -0.39 is 0 Å². The van der Waals surface area contributed by atoms with Crippen molar-refractivity contribution in [3.05, 3.63) is 28.6 Å². The predicted octanol–water partition coefficient (Wildman–Crippen LogP) is 2.86. The largest absolute Gasteiger partial charge is 0.482 e. The molecule has 0 saturated heterocycles. The lowest BCUT2D eigenvalue weighted by molar-refractivity contribution is -0.130. The maximum Gasteiger partial charge on any atom is 0.265 e. The van der Waals surface area contributed by atoms with Gasteiger partial charge in [0, 0.05) is 24.5 Å². The van der Waals surface area contributed by atoms with Crippen LogP contribution in [-0.2, 0) is 16.0 Å². The average Bonchev–Trinajstić information content (AvgIpc) is 3.16. The van der Waals surface area contributed by atoms with E-state index in [1.165, 1.54) is 9.80 Å². The third-order valence-electron chi connectivity index (χ3n) is 4.49. The number of benzene rings is 1. The second-order valence-electron chi connectivity index (χ2n) is 6.55. The van der Waals surface area contributed by atoms with Crippen molar-refractivity contribution in [3.63, 3.8) is 0 Å². The molecule has 3 rings (SSSR count). The number of thiazole rings is 1. The molecule has 0 radical (unpaired) electrons. The lowest BCUT2D eigenvalue weighted by atomic mass is 10.1. The van der Waals surface area contributed by atoms with Crippen LogP contribution in [0.3, 0.4) is 0 Å². The Kier molecular flexibility index (Phi) is 6.26. The number of rotatable bonds is 7. The van der Waals surface area contributed by atoms with E-state index in [4.69, 9.17) is 10.00 Å². The zero-order chi connectivity index (χ0) is 20.1. The molecule has 1 aromatic carbocycles. The number of likely N-dealkylation sites (N-methyl/N-ethyl adjacent to an activating group) is 1. The highest BCUT2D eigenvalue weighted by molar-refractivity contribution is 7.09. The van der Waals surface area contributed by atoms with Gasteiger partial charge in [0.05, 0.1) is 28.9 Å². The molecular weight excluding hydrogens is 376 g/mol. The van der Waals surface area contributed by atoms with Crippen LogP contribution in [0.15, 0.2) is 23.6 Å². The summed E-state index contributed by atoms with van der Waals surface area (Å²) in [5.41, 5.74) is 2.30. The molecule has 0 fully saturated rings. The summed E-state index contributed by atoms with van der Waals surface area (Å²) in [7, 11) is 1.63. The van der Waals surface area contributed by atoms with Crippen LogP contribution in [0.5, 0.6) is 5.75 Å². The molecule has 28 heavy (non-hydrogen) atoms. The summed E-state index contributed by atoms with van der Waals surface area (Å²) in [6, 6.07) is 7.59. The van der Waals surface area contributed by atoms with E-state index in [1.54, 1.807) is 18.4 Å². The van der Waals surface area contributed by atoms with Gasteiger partial charge in [0.25, 0.3) is 5.91 Å². The zero-order valence-corrected chi connectivity index (χ0v) is 16.8. The Hall–Kier alpha value is -2.92. The normalized spacial score (nSPS) is 12.9. The lowest BCUT2D eigenvalue weighted by Crippen LogP contribution is -2.45. The first-order chi connectivity index (χ1) is 13.5. The number of amides is 2. The summed E-state index contributed by atoms with van der Waals surface area (Å²) in [4.78, 5) is 32.5. The summed E-state index contributed by atoms with van der Waals surface area (Å²) < 4.78 is 5.53. The molecule has 0 saturated carbocycles. The van der Waals surface area contributed by atoms with E-state index in [0.29, 0.717) is 18.0 Å². The van der Waals surface area contributed by atoms with Crippen molar-refractivity contribution in [2.24, 2.45) is 0 Å². The first-order valence-corrected chi connectivity index (χ1v) is 10.0. The molecule has 0 bridgehead atoms. The Morgan fingerprint density at radius 3 is 3.04 bits per heavy atom. The molecule has 0 aliphatic carbocycles. The molecule has 146 valence electrons. The second-order valence-corrected chi connectivity index (χ2v) is 7.49. The van der Waals surface area contributed by atoms with Crippen LogP contribution in [0.4, 0.5) is 5.69 Å². The summed E-state index contributed by atoms with van der Waals surface area (Å²) in [5, 5.41) is 11.8. The lowest BCUT2D eigenvalue weighted by Gasteiger charge is -2.30. The van der Waals surface area contributed by atoms with Gasteiger partial charge in [-0.05, 0) is 31.0 Å². The van der Waals surface area contributed by atoms with Crippen molar-refractivity contribution in [2.45, 2.75) is 26.2 Å². The number of aromatic nitrogens is 1. The summed E-state index contributed by atoms with van der Waals surface area (Å²) in [6.07, 6.45) is 2.23. The zero-order valence-electron chi connectivity index (χ0n) is 16.0. The van der Waals surface area contributed by atoms with Crippen LogP contribution in [0.25, 0.3) is 11.3 Å². The maximum atomic E-state index is 12.5. The van der Waals surface area contributed by atoms with Gasteiger partial charge < -0.3 is 9.64 Å². The number of hydrogen-bond acceptors (Lipinski definition) is 6. The number of ether oxygens (including phenoxy) is 1. The number of fused-ring (bicyclic) bond motifs is 1. The highest BCUT2D eigenvalue weighted by Crippen LogP contribution is 2.36. The molecule has 1 aliphatic rings. The summed E-state index contributed by atoms with van der Waals surface area (Å²) >= 11 is 1.62. The maximum absolute atomic E-state index is 12.5. The highest BCUT2D eigenvalue weighted by atomic mass is 32.1. The average molecular weight is 398 g/mol. The molecule has 2 aromatic rings. The molecule has 1 aliphatic heterocycles. The molecule has 7 nitrogen and oxygen atoms in total. The number of anilines is 1. The molecule has 1 aromatic heterocycles. The van der Waals surface area contributed by atoms with Gasteiger partial charge in [-0.2, -0.15) is 5.26 Å². The van der Waals surface area contributed by atoms with Gasteiger partial charge in [-0.15, -0.1) is 11.3 Å². The number of carbonyl (C=O) groups excluding carboxylic acids is 2. The third kappa shape index (κ3) is 4.31. The van der Waals surface area contributed by atoms with E-state index >= 15 is 0 Å². The minimum Gasteiger partial charge on any atom is -0.482 e. The Bertz CT molecular complexity index is 918. The Balaban J connectivity index is 1.85. The number of carbonyl (C=O) groups is 2. The van der Waals surface area contributed by atoms with Crippen molar-refractivity contribution in [3.8, 4) is 23.1 Å². The van der Waals surface area contributed by atoms with Crippen LogP contribution in [0.1, 0.15) is 24.8 Å². The second kappa shape index (κ2) is 8.85. The number of aryl methyl sites for hydroxylation is 1. The number of hydrogen-bond donors (Lipinski definition) is 0. The molecule has 8 heteroatoms. The Morgan fingerprint density at radius 2 is 2.29 bits per heavy atom. The Morgan fingerprint density at radius 1 is 1.46 bits per heavy atom. The topological polar surface area (TPSA) is 86.5 Å². The molecule has 0 unspecified atom stereocenters. The quantitative estimate of drug-likeness (QED) is 0.716. The van der Waals surface area contributed by atoms with Crippen molar-refractivity contribution >= 4 is 28.8 Å². The summed E-state index contributed by atoms with van der Waals surface area (Å²) in [6.45, 7) is 2.27. The van der Waals surface area contributed by atoms with Crippen LogP contribution >= 0.6 is 11.3 Å². The SMILES string of the molecule is CCCc1nc(-c2ccc3c(c2)N(CC(=O)N(C)CCC#N)C(=O)CO3)cs1. The first-order valence-electron chi connectivity index (χ1n) is 9.16. The van der Waals surface area contributed by atoms with E-state index in [0.717, 1.165) is 29.1 Å². The number of nitrogens with zero attached hydrogens (tertiary/aromatic N) is 4. The fourth-order valence-electron chi connectivity index (χ4n) is 2.91. The molecule has 2 amide bonds. The fraction of sp³-hybridized carbons (Fsp3) is 0.400. The van der Waals surface area contributed by atoms with Gasteiger partial charge >= 0.3 is 0 Å². The van der Waals surface area contributed by atoms with Crippen LogP contribution < -0.4 is 9.64 Å². The minimum atomic E-state index is -0.267. The standard InChI is InChI=1S/C20H22N4O3S/c1-3-5-18-22-15(13-28-18)14-6-7-17-16(10-14)24(20(26)12-27-17)11-19(25)23(2)9-4-8-21/h6-7,10,13H,3-5,9,11-12H2,1-2H3. The number of nitriles is 1. The summed E-state index contributed by atoms with van der Waals surface area (Å²) in [5.74, 6) is 0.0808. The van der Waals surface area contributed by atoms with E-state index in [9.17, 15) is 9.59 Å². The van der Waals surface area contributed by atoms with Gasteiger partial charge in [-0.1, -0.05) is 6.92 Å². The van der Waals surface area contributed by atoms with Crippen molar-refractivity contribution in [2.75, 3.05) is 31.6 Å². The van der Waals surface area contributed by atoms with Crippen LogP contribution in [0.2, 0.25) is 0 Å². The fourth-order valence-corrected chi connectivity index (χ4v) is 3.81. The smallest absolute Gasteiger partial charge is 0.265 e. The molecule has 0 N–H and O–H groups in total. The van der Waals surface area contributed by atoms with Crippen LogP contribution in [-0.4, -0.2) is 48.4 Å². The van der Waals surface area contributed by atoms with Gasteiger partial charge in [0.15, 0.2) is 6.61 Å². The minimum absolute atomic E-state index is 0.0846. The first kappa shape index (κ1) is 19.8. The third-order valence-corrected chi connectivity index (χ3v) is 5.40. The van der Waals surface area contributed by atoms with Crippen molar-refractivity contribution < 1.29 is 14.3 Å². The van der Waals surface area contributed by atoms with Gasteiger partial charge in [-0.3, -0.25) is 14.5 Å². The van der Waals surface area contributed by atoms with Crippen molar-refractivity contribution in [1.29, 1.82) is 5.26 Å². The van der Waals surface area contributed by atoms with Gasteiger partial charge in [0.2, 0.25) is 5.91 Å².